The first-order valence-corrected chi connectivity index (χ1v) is 2.73. The van der Waals surface area contributed by atoms with Crippen molar-refractivity contribution in [3.63, 3.8) is 0 Å². The maximum atomic E-state index is 4.91. The molecule has 2 heteroatoms. The highest BCUT2D eigenvalue weighted by molar-refractivity contribution is 5.77. The first-order valence-electron chi connectivity index (χ1n) is 2.73. The van der Waals surface area contributed by atoms with Gasteiger partial charge in [0.05, 0.1) is 7.11 Å². The molecule has 0 spiro atoms. The van der Waals surface area contributed by atoms with Crippen LogP contribution in [0.3, 0.4) is 0 Å². The molecule has 0 bridgehead atoms. The molecular formula is C6H13NO. The van der Waals surface area contributed by atoms with E-state index >= 15 is 0 Å². The van der Waals surface area contributed by atoms with Crippen molar-refractivity contribution in [2.24, 2.45) is 10.9 Å². The smallest absolute Gasteiger partial charge is 0.185 e. The Morgan fingerprint density at radius 3 is 2.00 bits per heavy atom. The lowest BCUT2D eigenvalue weighted by atomic mass is 10.2. The minimum absolute atomic E-state index is 0.407. The van der Waals surface area contributed by atoms with Gasteiger partial charge in [0.15, 0.2) is 5.90 Å². The fourth-order valence-corrected chi connectivity index (χ4v) is 0.585. The predicted octanol–water partition coefficient (Wildman–Crippen LogP) is 1.32. The molecule has 0 unspecified atom stereocenters. The summed E-state index contributed by atoms with van der Waals surface area (Å²) in [5, 5.41) is 0. The van der Waals surface area contributed by atoms with E-state index in [1.54, 1.807) is 14.2 Å². The van der Waals surface area contributed by atoms with Gasteiger partial charge in [0.2, 0.25) is 0 Å². The standard InChI is InChI=1S/C6H13NO/c1-5(2)6(7-3)8-4/h5H,1-4H3/b7-6-. The summed E-state index contributed by atoms with van der Waals surface area (Å²) in [6.45, 7) is 4.09. The largest absolute Gasteiger partial charge is 0.484 e. The van der Waals surface area contributed by atoms with Crippen LogP contribution in [0, 0.1) is 5.92 Å². The number of ether oxygens (including phenoxy) is 1. The van der Waals surface area contributed by atoms with Gasteiger partial charge in [0, 0.05) is 13.0 Å². The zero-order chi connectivity index (χ0) is 6.57. The molecule has 8 heavy (non-hydrogen) atoms. The maximum absolute atomic E-state index is 4.91. The molecule has 0 atom stereocenters. The van der Waals surface area contributed by atoms with E-state index in [1.807, 2.05) is 13.8 Å². The molecule has 0 amide bonds. The second-order valence-corrected chi connectivity index (χ2v) is 1.92. The monoisotopic (exact) mass is 115 g/mol. The summed E-state index contributed by atoms with van der Waals surface area (Å²) < 4.78 is 4.91. The highest BCUT2D eigenvalue weighted by Gasteiger charge is 2.00. The Morgan fingerprint density at radius 2 is 2.00 bits per heavy atom. The molecule has 0 aliphatic carbocycles. The quantitative estimate of drug-likeness (QED) is 0.373. The second-order valence-electron chi connectivity index (χ2n) is 1.92. The molecule has 0 rings (SSSR count). The average molecular weight is 115 g/mol. The third-order valence-corrected chi connectivity index (χ3v) is 0.923. The molecule has 0 aliphatic rings. The Balaban J connectivity index is 3.72. The lowest BCUT2D eigenvalue weighted by Crippen LogP contribution is -2.08. The van der Waals surface area contributed by atoms with Crippen LogP contribution >= 0.6 is 0 Å². The predicted molar refractivity (Wildman–Crippen MR) is 35.2 cm³/mol. The molecule has 0 saturated heterocycles. The Labute approximate surface area is 50.6 Å². The Morgan fingerprint density at radius 1 is 1.50 bits per heavy atom. The van der Waals surface area contributed by atoms with Crippen LogP contribution in [0.15, 0.2) is 4.99 Å². The van der Waals surface area contributed by atoms with E-state index in [2.05, 4.69) is 4.99 Å². The number of methoxy groups -OCH3 is 1. The molecule has 0 aliphatic heterocycles. The van der Waals surface area contributed by atoms with Gasteiger partial charge in [0.25, 0.3) is 0 Å². The summed E-state index contributed by atoms with van der Waals surface area (Å²) in [5.41, 5.74) is 0. The minimum Gasteiger partial charge on any atom is -0.484 e. The van der Waals surface area contributed by atoms with Gasteiger partial charge >= 0.3 is 0 Å². The van der Waals surface area contributed by atoms with Gasteiger partial charge in [0.1, 0.15) is 0 Å². The summed E-state index contributed by atoms with van der Waals surface area (Å²) >= 11 is 0. The molecule has 0 radical (unpaired) electrons. The summed E-state index contributed by atoms with van der Waals surface area (Å²) in [5.74, 6) is 1.22. The summed E-state index contributed by atoms with van der Waals surface area (Å²) in [6.07, 6.45) is 0. The second kappa shape index (κ2) is 3.47. The molecule has 0 aromatic rings. The average Bonchev–Trinajstić information content (AvgIpc) is 1.69. The van der Waals surface area contributed by atoms with Crippen molar-refractivity contribution in [1.29, 1.82) is 0 Å². The van der Waals surface area contributed by atoms with Crippen LogP contribution in [0.1, 0.15) is 13.8 Å². The van der Waals surface area contributed by atoms with Crippen molar-refractivity contribution in [1.82, 2.24) is 0 Å². The molecular weight excluding hydrogens is 102 g/mol. The molecule has 0 heterocycles. The van der Waals surface area contributed by atoms with Crippen molar-refractivity contribution in [3.05, 3.63) is 0 Å². The SMILES string of the molecule is C/N=C(\OC)C(C)C. The van der Waals surface area contributed by atoms with Gasteiger partial charge in [-0.2, -0.15) is 0 Å². The molecule has 48 valence electrons. The molecule has 0 saturated carbocycles. The third kappa shape index (κ3) is 1.96. The van der Waals surface area contributed by atoms with Gasteiger partial charge in [-0.1, -0.05) is 13.8 Å². The van der Waals surface area contributed by atoms with Crippen molar-refractivity contribution in [2.75, 3.05) is 14.2 Å². The maximum Gasteiger partial charge on any atom is 0.185 e. The number of nitrogens with zero attached hydrogens (tertiary/aromatic N) is 1. The first-order chi connectivity index (χ1) is 3.72. The van der Waals surface area contributed by atoms with Gasteiger partial charge in [-0.05, 0) is 0 Å². The van der Waals surface area contributed by atoms with E-state index in [0.717, 1.165) is 5.90 Å². The Kier molecular flexibility index (Phi) is 3.24. The van der Waals surface area contributed by atoms with Crippen LogP contribution in [0.5, 0.6) is 0 Å². The molecule has 0 aromatic carbocycles. The lowest BCUT2D eigenvalue weighted by molar-refractivity contribution is 0.374. The number of aliphatic imine (C=N–C) groups is 1. The van der Waals surface area contributed by atoms with Crippen LogP contribution in [0.4, 0.5) is 0 Å². The van der Waals surface area contributed by atoms with Gasteiger partial charge in [-0.15, -0.1) is 0 Å². The van der Waals surface area contributed by atoms with E-state index < -0.39 is 0 Å². The molecule has 0 aromatic heterocycles. The Bertz CT molecular complexity index is 86.5. The van der Waals surface area contributed by atoms with Crippen molar-refractivity contribution in [2.45, 2.75) is 13.8 Å². The molecule has 0 N–H and O–H groups in total. The van der Waals surface area contributed by atoms with Gasteiger partial charge in [-0.25, -0.2) is 0 Å². The van der Waals surface area contributed by atoms with E-state index in [-0.39, 0.29) is 0 Å². The number of hydrogen-bond acceptors (Lipinski definition) is 2. The molecule has 0 fully saturated rings. The van der Waals surface area contributed by atoms with E-state index in [1.165, 1.54) is 0 Å². The first kappa shape index (κ1) is 7.47. The van der Waals surface area contributed by atoms with Crippen LogP contribution in [0.2, 0.25) is 0 Å². The third-order valence-electron chi connectivity index (χ3n) is 0.923. The zero-order valence-electron chi connectivity index (χ0n) is 5.93. The van der Waals surface area contributed by atoms with Crippen LogP contribution < -0.4 is 0 Å². The van der Waals surface area contributed by atoms with Crippen molar-refractivity contribution >= 4 is 5.90 Å². The molecule has 2 nitrogen and oxygen atoms in total. The van der Waals surface area contributed by atoms with Crippen LogP contribution in [0.25, 0.3) is 0 Å². The van der Waals surface area contributed by atoms with Crippen LogP contribution in [-0.2, 0) is 4.74 Å². The van der Waals surface area contributed by atoms with Crippen molar-refractivity contribution < 1.29 is 4.74 Å². The van der Waals surface area contributed by atoms with E-state index in [4.69, 9.17) is 4.74 Å². The van der Waals surface area contributed by atoms with Crippen LogP contribution in [-0.4, -0.2) is 20.1 Å². The summed E-state index contributed by atoms with van der Waals surface area (Å²) in [7, 11) is 3.38. The minimum atomic E-state index is 0.407. The lowest BCUT2D eigenvalue weighted by Gasteiger charge is -2.05. The highest BCUT2D eigenvalue weighted by Crippen LogP contribution is 1.95. The summed E-state index contributed by atoms with van der Waals surface area (Å²) in [4.78, 5) is 3.90. The van der Waals surface area contributed by atoms with E-state index in [9.17, 15) is 0 Å². The van der Waals surface area contributed by atoms with E-state index in [0.29, 0.717) is 5.92 Å². The zero-order valence-corrected chi connectivity index (χ0v) is 5.93. The van der Waals surface area contributed by atoms with Gasteiger partial charge in [-0.3, -0.25) is 4.99 Å². The number of rotatable bonds is 1. The highest BCUT2D eigenvalue weighted by atomic mass is 16.5. The number of hydrogen-bond donors (Lipinski definition) is 0. The topological polar surface area (TPSA) is 21.6 Å². The van der Waals surface area contributed by atoms with Gasteiger partial charge < -0.3 is 4.74 Å². The van der Waals surface area contributed by atoms with Crippen molar-refractivity contribution in [3.8, 4) is 0 Å². The summed E-state index contributed by atoms with van der Waals surface area (Å²) in [6, 6.07) is 0. The fraction of sp³-hybridized carbons (Fsp3) is 0.833. The fourth-order valence-electron chi connectivity index (χ4n) is 0.585. The Hall–Kier alpha value is -0.530. The normalized spacial score (nSPS) is 12.4.